The van der Waals surface area contributed by atoms with E-state index in [0.29, 0.717) is 0 Å². The minimum absolute atomic E-state index is 0.204. The number of hydrogen-bond acceptors (Lipinski definition) is 2. The number of carbonyl (C=O) groups excluding carboxylic acids is 1. The van der Waals surface area contributed by atoms with Crippen LogP contribution in [0.1, 0.15) is 6.92 Å². The highest BCUT2D eigenvalue weighted by Crippen LogP contribution is 1.45. The van der Waals surface area contributed by atoms with Gasteiger partial charge < -0.3 is 16.6 Å². The Kier molecular flexibility index (Phi) is 8.33. The van der Waals surface area contributed by atoms with Gasteiger partial charge in [0.15, 0.2) is 5.96 Å². The third-order valence-corrected chi connectivity index (χ3v) is 0.202. The molecule has 0 aromatic rings. The van der Waals surface area contributed by atoms with E-state index in [1.807, 2.05) is 0 Å². The van der Waals surface area contributed by atoms with E-state index in [0.717, 1.165) is 6.92 Å². The molecule has 0 aliphatic carbocycles. The van der Waals surface area contributed by atoms with E-state index in [2.05, 4.69) is 4.99 Å². The predicted octanol–water partition coefficient (Wildman–Crippen LogP) is -1.49. The molecule has 0 aliphatic heterocycles. The van der Waals surface area contributed by atoms with E-state index in [9.17, 15) is 4.79 Å². The van der Waals surface area contributed by atoms with Gasteiger partial charge in [-0.2, -0.15) is 4.99 Å². The molecular formula is C4H9N3O3. The minimum Gasteiger partial charge on any atom is -0.481 e. The molecule has 0 bridgehead atoms. The molecule has 0 saturated carbocycles. The van der Waals surface area contributed by atoms with Gasteiger partial charge in [0.1, 0.15) is 0 Å². The van der Waals surface area contributed by atoms with Crippen LogP contribution in [0.15, 0.2) is 4.99 Å². The Hall–Kier alpha value is -1.59. The van der Waals surface area contributed by atoms with Gasteiger partial charge in [0, 0.05) is 6.92 Å². The summed E-state index contributed by atoms with van der Waals surface area (Å²) in [6.07, 6.45) is 0.287. The molecule has 6 nitrogen and oxygen atoms in total. The van der Waals surface area contributed by atoms with Crippen molar-refractivity contribution in [1.29, 1.82) is 0 Å². The van der Waals surface area contributed by atoms with Gasteiger partial charge in [-0.3, -0.25) is 9.59 Å². The monoisotopic (exact) mass is 147 g/mol. The Morgan fingerprint density at radius 3 is 1.90 bits per heavy atom. The molecule has 0 aromatic heterocycles. The largest absolute Gasteiger partial charge is 0.481 e. The number of carbonyl (C=O) groups is 2. The molecule has 1 amide bonds. The van der Waals surface area contributed by atoms with Crippen LogP contribution >= 0.6 is 0 Å². The molecule has 0 aliphatic rings. The summed E-state index contributed by atoms with van der Waals surface area (Å²) in [6.45, 7) is 1.08. The van der Waals surface area contributed by atoms with E-state index < -0.39 is 5.97 Å². The van der Waals surface area contributed by atoms with Crippen LogP contribution in [0.25, 0.3) is 0 Å². The second-order valence-corrected chi connectivity index (χ2v) is 1.18. The average Bonchev–Trinajstić information content (AvgIpc) is 1.62. The first-order valence-electron chi connectivity index (χ1n) is 2.22. The Bertz CT molecular complexity index is 135. The summed E-state index contributed by atoms with van der Waals surface area (Å²) in [5.74, 6) is -1.04. The van der Waals surface area contributed by atoms with Crippen molar-refractivity contribution in [2.45, 2.75) is 6.92 Å². The topological polar surface area (TPSA) is 119 Å². The number of rotatable bonds is 1. The van der Waals surface area contributed by atoms with Gasteiger partial charge in [-0.05, 0) is 0 Å². The number of hydrogen-bond donors (Lipinski definition) is 3. The molecule has 0 aromatic carbocycles. The van der Waals surface area contributed by atoms with Gasteiger partial charge in [0.25, 0.3) is 5.97 Å². The summed E-state index contributed by atoms with van der Waals surface area (Å²) >= 11 is 0. The van der Waals surface area contributed by atoms with Crippen LogP contribution in [0, 0.1) is 0 Å². The summed E-state index contributed by atoms with van der Waals surface area (Å²) in [5.41, 5.74) is 9.40. The molecule has 0 radical (unpaired) electrons. The number of aliphatic carboxylic acids is 1. The highest BCUT2D eigenvalue weighted by molar-refractivity contribution is 5.82. The van der Waals surface area contributed by atoms with Crippen molar-refractivity contribution < 1.29 is 14.7 Å². The first kappa shape index (κ1) is 11.2. The van der Waals surface area contributed by atoms with Gasteiger partial charge in [-0.25, -0.2) is 0 Å². The Morgan fingerprint density at radius 1 is 1.60 bits per heavy atom. The average molecular weight is 147 g/mol. The van der Waals surface area contributed by atoms with Crippen LogP contribution in [0.4, 0.5) is 0 Å². The van der Waals surface area contributed by atoms with E-state index in [1.165, 1.54) is 0 Å². The highest BCUT2D eigenvalue weighted by Gasteiger charge is 1.67. The zero-order valence-electron chi connectivity index (χ0n) is 5.44. The molecule has 0 atom stereocenters. The third-order valence-electron chi connectivity index (χ3n) is 0.202. The predicted molar refractivity (Wildman–Crippen MR) is 35.2 cm³/mol. The van der Waals surface area contributed by atoms with Gasteiger partial charge in [0.05, 0.1) is 0 Å². The maximum atomic E-state index is 9.27. The standard InChI is InChI=1S/C2H5N3O.C2H4O2/c3-2(4)5-1-6;1-2(3)4/h1H,(H4,3,4,5,6);1H3,(H,3,4). The number of nitrogens with two attached hydrogens (primary N) is 2. The highest BCUT2D eigenvalue weighted by atomic mass is 16.4. The lowest BCUT2D eigenvalue weighted by Gasteiger charge is -1.76. The molecule has 58 valence electrons. The fourth-order valence-electron chi connectivity index (χ4n) is 0.0609. The second-order valence-electron chi connectivity index (χ2n) is 1.18. The maximum Gasteiger partial charge on any atom is 0.300 e. The van der Waals surface area contributed by atoms with Gasteiger partial charge in [-0.1, -0.05) is 0 Å². The number of amides is 1. The van der Waals surface area contributed by atoms with E-state index >= 15 is 0 Å². The van der Waals surface area contributed by atoms with Gasteiger partial charge >= 0.3 is 0 Å². The lowest BCUT2D eigenvalue weighted by molar-refractivity contribution is -0.134. The molecule has 0 fully saturated rings. The summed E-state index contributed by atoms with van der Waals surface area (Å²) in [4.78, 5) is 21.2. The molecule has 0 heterocycles. The molecular weight excluding hydrogens is 138 g/mol. The van der Waals surface area contributed by atoms with Gasteiger partial charge in [0.2, 0.25) is 6.41 Å². The summed E-state index contributed by atoms with van der Waals surface area (Å²) in [5, 5.41) is 7.42. The zero-order valence-corrected chi connectivity index (χ0v) is 5.44. The van der Waals surface area contributed by atoms with Crippen LogP contribution in [-0.2, 0) is 9.59 Å². The molecule has 0 unspecified atom stereocenters. The minimum atomic E-state index is -0.833. The number of guanidine groups is 1. The smallest absolute Gasteiger partial charge is 0.300 e. The second kappa shape index (κ2) is 7.41. The van der Waals surface area contributed by atoms with Crippen LogP contribution in [0.5, 0.6) is 0 Å². The lowest BCUT2D eigenvalue weighted by atomic mass is 10.9. The van der Waals surface area contributed by atoms with E-state index in [-0.39, 0.29) is 12.4 Å². The van der Waals surface area contributed by atoms with Crippen molar-refractivity contribution in [2.75, 3.05) is 0 Å². The summed E-state index contributed by atoms with van der Waals surface area (Å²) in [6, 6.07) is 0. The molecule has 0 saturated heterocycles. The molecule has 5 N–H and O–H groups in total. The quantitative estimate of drug-likeness (QED) is 0.237. The van der Waals surface area contributed by atoms with Crippen LogP contribution in [-0.4, -0.2) is 23.4 Å². The van der Waals surface area contributed by atoms with Crippen molar-refractivity contribution in [3.8, 4) is 0 Å². The van der Waals surface area contributed by atoms with Gasteiger partial charge in [-0.15, -0.1) is 0 Å². The molecule has 6 heteroatoms. The van der Waals surface area contributed by atoms with E-state index in [1.54, 1.807) is 0 Å². The van der Waals surface area contributed by atoms with Crippen molar-refractivity contribution >= 4 is 18.3 Å². The van der Waals surface area contributed by atoms with Crippen molar-refractivity contribution in [1.82, 2.24) is 0 Å². The third kappa shape index (κ3) is 94.4. The van der Waals surface area contributed by atoms with Crippen LogP contribution < -0.4 is 11.5 Å². The van der Waals surface area contributed by atoms with Crippen LogP contribution in [0.2, 0.25) is 0 Å². The fourth-order valence-corrected chi connectivity index (χ4v) is 0.0609. The number of carboxylic acids is 1. The number of carboxylic acid groups (broad SMARTS) is 1. The Labute approximate surface area is 57.5 Å². The SMILES string of the molecule is CC(=O)O.NC(N)=NC=O. The maximum absolute atomic E-state index is 9.27. The number of aliphatic imine (C=N–C) groups is 1. The summed E-state index contributed by atoms with van der Waals surface area (Å²) in [7, 11) is 0. The van der Waals surface area contributed by atoms with E-state index in [4.69, 9.17) is 21.4 Å². The lowest BCUT2D eigenvalue weighted by Crippen LogP contribution is -2.22. The van der Waals surface area contributed by atoms with Crippen molar-refractivity contribution in [2.24, 2.45) is 16.5 Å². The van der Waals surface area contributed by atoms with Crippen molar-refractivity contribution in [3.63, 3.8) is 0 Å². The first-order chi connectivity index (χ1) is 4.50. The fraction of sp³-hybridized carbons (Fsp3) is 0.250. The van der Waals surface area contributed by atoms with Crippen molar-refractivity contribution in [3.05, 3.63) is 0 Å². The molecule has 10 heavy (non-hydrogen) atoms. The molecule has 0 rings (SSSR count). The Morgan fingerprint density at radius 2 is 1.90 bits per heavy atom. The first-order valence-corrected chi connectivity index (χ1v) is 2.22. The zero-order chi connectivity index (χ0) is 8.57. The van der Waals surface area contributed by atoms with Crippen LogP contribution in [0.3, 0.4) is 0 Å². The summed E-state index contributed by atoms with van der Waals surface area (Å²) < 4.78 is 0. The normalized spacial score (nSPS) is 6.50. The Balaban J connectivity index is 0. The number of nitrogens with zero attached hydrogens (tertiary/aromatic N) is 1. The molecule has 0 spiro atoms.